The van der Waals surface area contributed by atoms with Crippen molar-refractivity contribution in [3.8, 4) is 5.75 Å². The Morgan fingerprint density at radius 1 is 1.17 bits per heavy atom. The molecular formula is C16H16Cl2N2O3S. The number of piperidine rings is 1. The van der Waals surface area contributed by atoms with E-state index >= 15 is 0 Å². The molecule has 0 aliphatic carbocycles. The molecule has 1 aliphatic heterocycles. The number of nitrogens with zero attached hydrogens (tertiary/aromatic N) is 2. The Hall–Kier alpha value is -1.34. The predicted molar refractivity (Wildman–Crippen MR) is 93.1 cm³/mol. The third kappa shape index (κ3) is 3.83. The van der Waals surface area contributed by atoms with Crippen molar-refractivity contribution >= 4 is 33.2 Å². The molecular weight excluding hydrogens is 371 g/mol. The molecule has 0 amide bonds. The lowest BCUT2D eigenvalue weighted by atomic mass is 10.1. The van der Waals surface area contributed by atoms with Crippen LogP contribution in [0.25, 0.3) is 0 Å². The van der Waals surface area contributed by atoms with Gasteiger partial charge in [0.1, 0.15) is 16.7 Å². The molecule has 1 aromatic carbocycles. The van der Waals surface area contributed by atoms with E-state index in [1.165, 1.54) is 16.4 Å². The van der Waals surface area contributed by atoms with Crippen molar-refractivity contribution in [2.45, 2.75) is 23.8 Å². The van der Waals surface area contributed by atoms with Gasteiger partial charge in [-0.3, -0.25) is 4.98 Å². The van der Waals surface area contributed by atoms with E-state index in [9.17, 15) is 8.42 Å². The van der Waals surface area contributed by atoms with Gasteiger partial charge in [-0.25, -0.2) is 8.42 Å². The van der Waals surface area contributed by atoms with Gasteiger partial charge in [-0.05, 0) is 43.2 Å². The second-order valence-electron chi connectivity index (χ2n) is 5.50. The Balaban J connectivity index is 1.79. The van der Waals surface area contributed by atoms with Crippen LogP contribution in [-0.4, -0.2) is 36.9 Å². The summed E-state index contributed by atoms with van der Waals surface area (Å²) < 4.78 is 33.0. The van der Waals surface area contributed by atoms with Crippen molar-refractivity contribution in [1.82, 2.24) is 9.29 Å². The average Bonchev–Trinajstić information content (AvgIpc) is 2.58. The third-order valence-corrected chi connectivity index (χ3v) is 6.39. The molecule has 1 saturated heterocycles. The van der Waals surface area contributed by atoms with Gasteiger partial charge in [0.25, 0.3) is 0 Å². The molecule has 1 atom stereocenters. The Kier molecular flexibility index (Phi) is 5.30. The standard InChI is InChI=1S/C16H16Cl2N2O3S/c17-12-3-4-15(18)16(10-12)24(21,22)20-9-1-2-14(11-20)23-13-5-7-19-8-6-13/h3-8,10,14H,1-2,9,11H2/t14-/m1/s1. The zero-order valence-electron chi connectivity index (χ0n) is 12.7. The third-order valence-electron chi connectivity index (χ3n) is 3.80. The minimum Gasteiger partial charge on any atom is -0.489 e. The molecule has 1 aliphatic rings. The van der Waals surface area contributed by atoms with Crippen molar-refractivity contribution in [3.63, 3.8) is 0 Å². The normalized spacial score (nSPS) is 19.2. The van der Waals surface area contributed by atoms with Crippen LogP contribution in [-0.2, 0) is 10.0 Å². The molecule has 1 fully saturated rings. The van der Waals surface area contributed by atoms with E-state index in [2.05, 4.69) is 4.98 Å². The molecule has 24 heavy (non-hydrogen) atoms. The zero-order chi connectivity index (χ0) is 17.2. The molecule has 0 unspecified atom stereocenters. The highest BCUT2D eigenvalue weighted by molar-refractivity contribution is 7.89. The molecule has 0 radical (unpaired) electrons. The largest absolute Gasteiger partial charge is 0.489 e. The quantitative estimate of drug-likeness (QED) is 0.804. The molecule has 5 nitrogen and oxygen atoms in total. The summed E-state index contributed by atoms with van der Waals surface area (Å²) in [6.07, 6.45) is 4.57. The van der Waals surface area contributed by atoms with Gasteiger partial charge in [0.2, 0.25) is 10.0 Å². The molecule has 2 aromatic rings. The Morgan fingerprint density at radius 2 is 1.92 bits per heavy atom. The number of hydrogen-bond acceptors (Lipinski definition) is 4. The topological polar surface area (TPSA) is 59.5 Å². The van der Waals surface area contributed by atoms with E-state index in [0.29, 0.717) is 23.7 Å². The number of halogens is 2. The van der Waals surface area contributed by atoms with Crippen LogP contribution in [0.5, 0.6) is 5.75 Å². The number of hydrogen-bond donors (Lipinski definition) is 0. The van der Waals surface area contributed by atoms with Crippen LogP contribution in [0.2, 0.25) is 10.0 Å². The van der Waals surface area contributed by atoms with Crippen molar-refractivity contribution < 1.29 is 13.2 Å². The van der Waals surface area contributed by atoms with Crippen LogP contribution in [0.4, 0.5) is 0 Å². The van der Waals surface area contributed by atoms with Crippen molar-refractivity contribution in [1.29, 1.82) is 0 Å². The molecule has 1 aromatic heterocycles. The molecule has 0 saturated carbocycles. The van der Waals surface area contributed by atoms with Crippen LogP contribution in [0.15, 0.2) is 47.6 Å². The van der Waals surface area contributed by atoms with Crippen molar-refractivity contribution in [2.75, 3.05) is 13.1 Å². The highest BCUT2D eigenvalue weighted by Gasteiger charge is 2.32. The molecule has 0 bridgehead atoms. The lowest BCUT2D eigenvalue weighted by Gasteiger charge is -2.32. The van der Waals surface area contributed by atoms with E-state index in [-0.39, 0.29) is 22.6 Å². The zero-order valence-corrected chi connectivity index (χ0v) is 15.1. The Morgan fingerprint density at radius 3 is 2.67 bits per heavy atom. The smallest absolute Gasteiger partial charge is 0.244 e. The number of aromatic nitrogens is 1. The summed E-state index contributed by atoms with van der Waals surface area (Å²) in [4.78, 5) is 3.97. The lowest BCUT2D eigenvalue weighted by Crippen LogP contribution is -2.44. The summed E-state index contributed by atoms with van der Waals surface area (Å²) in [6.45, 7) is 0.703. The second kappa shape index (κ2) is 7.27. The maximum absolute atomic E-state index is 12.9. The van der Waals surface area contributed by atoms with Crippen molar-refractivity contribution in [2.24, 2.45) is 0 Å². The summed E-state index contributed by atoms with van der Waals surface area (Å²) in [5.74, 6) is 0.676. The van der Waals surface area contributed by atoms with Crippen LogP contribution in [0, 0.1) is 0 Å². The van der Waals surface area contributed by atoms with E-state index in [1.54, 1.807) is 30.6 Å². The highest BCUT2D eigenvalue weighted by atomic mass is 35.5. The molecule has 0 spiro atoms. The number of ether oxygens (including phenoxy) is 1. The first-order chi connectivity index (χ1) is 11.5. The van der Waals surface area contributed by atoms with Gasteiger partial charge in [0, 0.05) is 24.0 Å². The monoisotopic (exact) mass is 386 g/mol. The average molecular weight is 387 g/mol. The maximum Gasteiger partial charge on any atom is 0.244 e. The van der Waals surface area contributed by atoms with Gasteiger partial charge in [-0.15, -0.1) is 0 Å². The summed E-state index contributed by atoms with van der Waals surface area (Å²) in [7, 11) is -3.72. The van der Waals surface area contributed by atoms with E-state index in [1.807, 2.05) is 0 Å². The first-order valence-electron chi connectivity index (χ1n) is 7.49. The first kappa shape index (κ1) is 17.5. The summed E-state index contributed by atoms with van der Waals surface area (Å²) >= 11 is 12.0. The molecule has 2 heterocycles. The highest BCUT2D eigenvalue weighted by Crippen LogP contribution is 2.30. The second-order valence-corrected chi connectivity index (χ2v) is 8.25. The minimum atomic E-state index is -3.72. The first-order valence-corrected chi connectivity index (χ1v) is 9.68. The van der Waals surface area contributed by atoms with E-state index in [0.717, 1.165) is 6.42 Å². The number of benzene rings is 1. The SMILES string of the molecule is O=S(=O)(c1cc(Cl)ccc1Cl)N1CCC[C@@H](Oc2ccncc2)C1. The van der Waals surface area contributed by atoms with Crippen molar-refractivity contribution in [3.05, 3.63) is 52.8 Å². The maximum atomic E-state index is 12.9. The van der Waals surface area contributed by atoms with E-state index in [4.69, 9.17) is 27.9 Å². The Bertz CT molecular complexity index is 815. The van der Waals surface area contributed by atoms with E-state index < -0.39 is 10.0 Å². The molecule has 0 N–H and O–H groups in total. The van der Waals surface area contributed by atoms with Gasteiger partial charge < -0.3 is 4.74 Å². The number of sulfonamides is 1. The molecule has 8 heteroatoms. The lowest BCUT2D eigenvalue weighted by molar-refractivity contribution is 0.129. The van der Waals surface area contributed by atoms with Crippen LogP contribution in [0.1, 0.15) is 12.8 Å². The van der Waals surface area contributed by atoms with Crippen LogP contribution in [0.3, 0.4) is 0 Å². The number of rotatable bonds is 4. The fraction of sp³-hybridized carbons (Fsp3) is 0.312. The van der Waals surface area contributed by atoms with Gasteiger partial charge >= 0.3 is 0 Å². The fourth-order valence-corrected chi connectivity index (χ4v) is 4.89. The molecule has 3 rings (SSSR count). The summed E-state index contributed by atoms with van der Waals surface area (Å²) in [5.41, 5.74) is 0. The van der Waals surface area contributed by atoms with Crippen LogP contribution < -0.4 is 4.74 Å². The molecule has 128 valence electrons. The van der Waals surface area contributed by atoms with Gasteiger partial charge in [0.05, 0.1) is 11.6 Å². The van der Waals surface area contributed by atoms with Gasteiger partial charge in [-0.2, -0.15) is 4.31 Å². The van der Waals surface area contributed by atoms with Gasteiger partial charge in [0.15, 0.2) is 0 Å². The fourth-order valence-electron chi connectivity index (χ4n) is 2.64. The van der Waals surface area contributed by atoms with Gasteiger partial charge in [-0.1, -0.05) is 23.2 Å². The summed E-state index contributed by atoms with van der Waals surface area (Å²) in [5, 5.41) is 0.496. The summed E-state index contributed by atoms with van der Waals surface area (Å²) in [6, 6.07) is 7.94. The predicted octanol–water partition coefficient (Wildman–Crippen LogP) is 3.62. The Labute approximate surface area is 151 Å². The number of pyridine rings is 1. The minimum absolute atomic E-state index is 0.0289. The van der Waals surface area contributed by atoms with Crippen LogP contribution >= 0.6 is 23.2 Å².